The molecule has 36 heavy (non-hydrogen) atoms. The first kappa shape index (κ1) is 29.8. The van der Waals surface area contributed by atoms with E-state index in [1.807, 2.05) is 50.2 Å². The van der Waals surface area contributed by atoms with E-state index in [4.69, 9.17) is 0 Å². The summed E-state index contributed by atoms with van der Waals surface area (Å²) >= 11 is 3.41. The van der Waals surface area contributed by atoms with Crippen LogP contribution in [0.15, 0.2) is 53.0 Å². The average molecular weight is 581 g/mol. The number of carbonyl (C=O) groups is 2. The maximum atomic E-state index is 13.6. The Balaban J connectivity index is 2.39. The molecule has 0 aliphatic heterocycles. The van der Waals surface area contributed by atoms with E-state index >= 15 is 0 Å². The van der Waals surface area contributed by atoms with Gasteiger partial charge in [0, 0.05) is 17.1 Å². The van der Waals surface area contributed by atoms with Gasteiger partial charge in [-0.2, -0.15) is 0 Å². The van der Waals surface area contributed by atoms with Crippen LogP contribution >= 0.6 is 15.9 Å². The Labute approximate surface area is 224 Å². The highest BCUT2D eigenvalue weighted by molar-refractivity contribution is 9.10. The van der Waals surface area contributed by atoms with Crippen molar-refractivity contribution in [3.63, 3.8) is 0 Å². The summed E-state index contributed by atoms with van der Waals surface area (Å²) in [6.07, 6.45) is 1.83. The summed E-state index contributed by atoms with van der Waals surface area (Å²) in [5.41, 5.74) is 2.19. The second kappa shape index (κ2) is 12.2. The number of hydrogen-bond acceptors (Lipinski definition) is 4. The fourth-order valence-corrected chi connectivity index (χ4v) is 4.69. The summed E-state index contributed by atoms with van der Waals surface area (Å²) in [6, 6.07) is 13.8. The molecule has 198 valence electrons. The van der Waals surface area contributed by atoms with Gasteiger partial charge in [-0.25, -0.2) is 8.42 Å². The number of anilines is 1. The second-order valence-electron chi connectivity index (χ2n) is 10.2. The number of nitrogens with zero attached hydrogens (tertiary/aromatic N) is 2. The lowest BCUT2D eigenvalue weighted by Crippen LogP contribution is -2.52. The quantitative estimate of drug-likeness (QED) is 0.436. The van der Waals surface area contributed by atoms with E-state index in [0.717, 1.165) is 32.6 Å². The first-order valence-electron chi connectivity index (χ1n) is 12.1. The zero-order valence-corrected chi connectivity index (χ0v) is 24.6. The van der Waals surface area contributed by atoms with Gasteiger partial charge in [0.25, 0.3) is 0 Å². The molecule has 0 aromatic heterocycles. The molecule has 7 nitrogen and oxygen atoms in total. The second-order valence-corrected chi connectivity index (χ2v) is 13.0. The van der Waals surface area contributed by atoms with Gasteiger partial charge in [0.1, 0.15) is 12.6 Å². The standard InChI is InChI=1S/C27H38BrN3O4S/c1-8-19(2)29-26(33)20(3)30(17-21-9-13-23(28)14-10-21)25(32)18-31(36(7,34)35)24-15-11-22(12-16-24)27(4,5)6/h9-16,19-20H,8,17-18H2,1-7H3,(H,29,33)/t19-,20-/m1/s1. The molecule has 0 saturated carbocycles. The molecule has 2 rings (SSSR count). The smallest absolute Gasteiger partial charge is 0.244 e. The van der Waals surface area contributed by atoms with Crippen molar-refractivity contribution in [1.29, 1.82) is 0 Å². The molecule has 2 atom stereocenters. The zero-order chi connectivity index (χ0) is 27.3. The van der Waals surface area contributed by atoms with E-state index in [-0.39, 0.29) is 23.9 Å². The number of carbonyl (C=O) groups excluding carboxylic acids is 2. The van der Waals surface area contributed by atoms with E-state index in [1.165, 1.54) is 4.90 Å². The lowest BCUT2D eigenvalue weighted by atomic mass is 9.87. The van der Waals surface area contributed by atoms with E-state index < -0.39 is 28.5 Å². The van der Waals surface area contributed by atoms with Crippen molar-refractivity contribution in [3.8, 4) is 0 Å². The van der Waals surface area contributed by atoms with Gasteiger partial charge in [-0.15, -0.1) is 0 Å². The monoisotopic (exact) mass is 579 g/mol. The van der Waals surface area contributed by atoms with Crippen molar-refractivity contribution in [3.05, 3.63) is 64.1 Å². The van der Waals surface area contributed by atoms with Crippen molar-refractivity contribution < 1.29 is 18.0 Å². The third-order valence-electron chi connectivity index (χ3n) is 6.14. The maximum Gasteiger partial charge on any atom is 0.244 e. The maximum absolute atomic E-state index is 13.6. The number of rotatable bonds is 10. The summed E-state index contributed by atoms with van der Waals surface area (Å²) in [7, 11) is -3.76. The Bertz CT molecular complexity index is 1140. The lowest BCUT2D eigenvalue weighted by Gasteiger charge is -2.32. The minimum atomic E-state index is -3.76. The molecule has 0 radical (unpaired) electrons. The third kappa shape index (κ3) is 8.34. The van der Waals surface area contributed by atoms with Crippen LogP contribution in [-0.2, 0) is 31.6 Å². The summed E-state index contributed by atoms with van der Waals surface area (Å²) in [4.78, 5) is 28.0. The fourth-order valence-electron chi connectivity index (χ4n) is 3.58. The molecule has 1 N–H and O–H groups in total. The van der Waals surface area contributed by atoms with Crippen LogP contribution in [-0.4, -0.2) is 50.0 Å². The molecular formula is C27H38BrN3O4S. The highest BCUT2D eigenvalue weighted by Gasteiger charge is 2.30. The van der Waals surface area contributed by atoms with Crippen molar-refractivity contribution in [1.82, 2.24) is 10.2 Å². The van der Waals surface area contributed by atoms with Crippen LogP contribution in [0.4, 0.5) is 5.69 Å². The molecule has 9 heteroatoms. The molecule has 0 fully saturated rings. The molecule has 0 bridgehead atoms. The van der Waals surface area contributed by atoms with Gasteiger partial charge in [-0.3, -0.25) is 13.9 Å². The first-order chi connectivity index (χ1) is 16.6. The SMILES string of the molecule is CC[C@@H](C)NC(=O)[C@@H](C)N(Cc1ccc(Br)cc1)C(=O)CN(c1ccc(C(C)(C)C)cc1)S(C)(=O)=O. The summed E-state index contributed by atoms with van der Waals surface area (Å²) in [5.74, 6) is -0.745. The normalized spacial score (nSPS) is 13.6. The zero-order valence-electron chi connectivity index (χ0n) is 22.2. The van der Waals surface area contributed by atoms with Gasteiger partial charge in [0.2, 0.25) is 21.8 Å². The van der Waals surface area contributed by atoms with Crippen LogP contribution in [0.25, 0.3) is 0 Å². The van der Waals surface area contributed by atoms with Gasteiger partial charge in [0.05, 0.1) is 11.9 Å². The molecular weight excluding hydrogens is 542 g/mol. The molecule has 0 saturated heterocycles. The summed E-state index contributed by atoms with van der Waals surface area (Å²) in [5, 5.41) is 2.92. The number of nitrogens with one attached hydrogen (secondary N) is 1. The highest BCUT2D eigenvalue weighted by atomic mass is 79.9. The molecule has 2 aromatic carbocycles. The topological polar surface area (TPSA) is 86.8 Å². The van der Waals surface area contributed by atoms with Crippen LogP contribution in [0, 0.1) is 0 Å². The predicted molar refractivity (Wildman–Crippen MR) is 149 cm³/mol. The predicted octanol–water partition coefficient (Wildman–Crippen LogP) is 4.84. The minimum Gasteiger partial charge on any atom is -0.352 e. The molecule has 0 aliphatic rings. The van der Waals surface area contributed by atoms with Crippen molar-refractivity contribution in [2.45, 2.75) is 72.0 Å². The molecule has 2 amide bonds. The van der Waals surface area contributed by atoms with Crippen LogP contribution in [0.3, 0.4) is 0 Å². The molecule has 0 unspecified atom stereocenters. The van der Waals surface area contributed by atoms with Crippen molar-refractivity contribution >= 4 is 43.5 Å². The number of halogens is 1. The Morgan fingerprint density at radius 3 is 2.03 bits per heavy atom. The fraction of sp³-hybridized carbons (Fsp3) is 0.481. The molecule has 0 spiro atoms. The number of hydrogen-bond donors (Lipinski definition) is 1. The van der Waals surface area contributed by atoms with Crippen LogP contribution in [0.1, 0.15) is 59.1 Å². The van der Waals surface area contributed by atoms with Crippen molar-refractivity contribution in [2.75, 3.05) is 17.1 Å². The van der Waals surface area contributed by atoms with Gasteiger partial charge < -0.3 is 10.2 Å². The minimum absolute atomic E-state index is 0.0431. The van der Waals surface area contributed by atoms with Gasteiger partial charge in [0.15, 0.2) is 0 Å². The third-order valence-corrected chi connectivity index (χ3v) is 7.80. The Hall–Kier alpha value is -2.39. The van der Waals surface area contributed by atoms with Gasteiger partial charge in [-0.05, 0) is 61.1 Å². The summed E-state index contributed by atoms with van der Waals surface area (Å²) < 4.78 is 27.4. The van der Waals surface area contributed by atoms with Crippen LogP contribution in [0.5, 0.6) is 0 Å². The molecule has 0 aliphatic carbocycles. The largest absolute Gasteiger partial charge is 0.352 e. The number of benzene rings is 2. The lowest BCUT2D eigenvalue weighted by molar-refractivity contribution is -0.139. The summed E-state index contributed by atoms with van der Waals surface area (Å²) in [6.45, 7) is 11.5. The van der Waals surface area contributed by atoms with Crippen LogP contribution in [0.2, 0.25) is 0 Å². The Kier molecular flexibility index (Phi) is 10.1. The van der Waals surface area contributed by atoms with E-state index in [1.54, 1.807) is 19.1 Å². The number of amides is 2. The van der Waals surface area contributed by atoms with E-state index in [2.05, 4.69) is 42.0 Å². The molecule has 0 heterocycles. The Morgan fingerprint density at radius 1 is 1.00 bits per heavy atom. The number of sulfonamides is 1. The van der Waals surface area contributed by atoms with Gasteiger partial charge >= 0.3 is 0 Å². The molecule has 2 aromatic rings. The van der Waals surface area contributed by atoms with E-state index in [9.17, 15) is 18.0 Å². The average Bonchev–Trinajstić information content (AvgIpc) is 2.80. The van der Waals surface area contributed by atoms with Crippen LogP contribution < -0.4 is 9.62 Å². The van der Waals surface area contributed by atoms with E-state index in [0.29, 0.717) is 5.69 Å². The highest BCUT2D eigenvalue weighted by Crippen LogP contribution is 2.26. The van der Waals surface area contributed by atoms with Crippen molar-refractivity contribution in [2.24, 2.45) is 0 Å². The Morgan fingerprint density at radius 2 is 1.56 bits per heavy atom. The van der Waals surface area contributed by atoms with Gasteiger partial charge in [-0.1, -0.05) is 67.9 Å². The first-order valence-corrected chi connectivity index (χ1v) is 14.7.